The Kier molecular flexibility index (Phi) is 7.06. The highest BCUT2D eigenvalue weighted by molar-refractivity contribution is 6.43. The first kappa shape index (κ1) is 21.4. The molecule has 30 heavy (non-hydrogen) atoms. The quantitative estimate of drug-likeness (QED) is 0.356. The summed E-state index contributed by atoms with van der Waals surface area (Å²) >= 11 is 0. The fraction of sp³-hybridized carbons (Fsp3) is 0.348. The number of nitrogens with zero attached hydrogens (tertiary/aromatic N) is 2. The molecule has 1 aliphatic carbocycles. The molecule has 0 heterocycles. The summed E-state index contributed by atoms with van der Waals surface area (Å²) in [6.07, 6.45) is 1.05. The Bertz CT molecular complexity index is 937. The largest absolute Gasteiger partial charge is 0.497 e. The van der Waals surface area contributed by atoms with Crippen molar-refractivity contribution in [3.05, 3.63) is 65.2 Å². The Morgan fingerprint density at radius 1 is 1.03 bits per heavy atom. The van der Waals surface area contributed by atoms with Crippen molar-refractivity contribution in [2.24, 2.45) is 16.2 Å². The molecule has 1 saturated carbocycles. The molecule has 0 N–H and O–H groups in total. The van der Waals surface area contributed by atoms with E-state index in [0.29, 0.717) is 17.4 Å². The maximum absolute atomic E-state index is 12.0. The van der Waals surface area contributed by atoms with Gasteiger partial charge in [0.1, 0.15) is 19.5 Å². The van der Waals surface area contributed by atoms with Crippen LogP contribution < -0.4 is 4.74 Å². The van der Waals surface area contributed by atoms with Crippen LogP contribution in [-0.2, 0) is 25.8 Å². The monoisotopic (exact) mass is 410 g/mol. The van der Waals surface area contributed by atoms with Gasteiger partial charge in [0.05, 0.1) is 19.9 Å². The third kappa shape index (κ3) is 4.97. The second-order valence-electron chi connectivity index (χ2n) is 7.00. The van der Waals surface area contributed by atoms with E-state index in [1.54, 1.807) is 13.2 Å². The molecule has 1 fully saturated rings. The minimum absolute atomic E-state index is 0.0849. The predicted molar refractivity (Wildman–Crippen MR) is 114 cm³/mol. The van der Waals surface area contributed by atoms with E-state index in [9.17, 15) is 4.79 Å². The molecule has 2 atom stereocenters. The zero-order chi connectivity index (χ0) is 21.5. The van der Waals surface area contributed by atoms with Crippen LogP contribution in [0.3, 0.4) is 0 Å². The van der Waals surface area contributed by atoms with Crippen LogP contribution in [0.4, 0.5) is 0 Å². The number of carbonyl (C=O) groups excluding carboxylic acids is 1. The van der Waals surface area contributed by atoms with Crippen molar-refractivity contribution in [1.82, 2.24) is 0 Å². The molecular weight excluding hydrogens is 384 g/mol. The molecule has 3 rings (SSSR count). The van der Waals surface area contributed by atoms with Gasteiger partial charge in [0.2, 0.25) is 0 Å². The molecule has 0 radical (unpaired) electrons. The van der Waals surface area contributed by atoms with E-state index >= 15 is 0 Å². The third-order valence-corrected chi connectivity index (χ3v) is 5.13. The molecule has 7 nitrogen and oxygen atoms in total. The SMILES string of the molecule is CO/N=C(/C(=O)OC)c1ccccc1CON=C(C)[C@@H]1C[C@H]1c1ccc(OC)cc1. The zero-order valence-corrected chi connectivity index (χ0v) is 17.6. The Morgan fingerprint density at radius 2 is 1.77 bits per heavy atom. The highest BCUT2D eigenvalue weighted by atomic mass is 16.6. The van der Waals surface area contributed by atoms with E-state index in [0.717, 1.165) is 23.4 Å². The number of methoxy groups -OCH3 is 2. The van der Waals surface area contributed by atoms with E-state index in [4.69, 9.17) is 19.1 Å². The smallest absolute Gasteiger partial charge is 0.360 e. The van der Waals surface area contributed by atoms with E-state index in [1.807, 2.05) is 37.3 Å². The first-order valence-electron chi connectivity index (χ1n) is 9.67. The van der Waals surface area contributed by atoms with Crippen molar-refractivity contribution < 1.29 is 23.9 Å². The number of hydrogen-bond donors (Lipinski definition) is 0. The Morgan fingerprint density at radius 3 is 2.43 bits per heavy atom. The number of rotatable bonds is 9. The summed E-state index contributed by atoms with van der Waals surface area (Å²) in [5, 5.41) is 8.11. The van der Waals surface area contributed by atoms with Crippen LogP contribution in [-0.4, -0.2) is 38.7 Å². The number of ether oxygens (including phenoxy) is 2. The number of carbonyl (C=O) groups is 1. The summed E-state index contributed by atoms with van der Waals surface area (Å²) in [5.74, 6) is 1.10. The van der Waals surface area contributed by atoms with Crippen molar-refractivity contribution in [1.29, 1.82) is 0 Å². The van der Waals surface area contributed by atoms with Crippen molar-refractivity contribution >= 4 is 17.4 Å². The van der Waals surface area contributed by atoms with Gasteiger partial charge in [-0.15, -0.1) is 0 Å². The second-order valence-corrected chi connectivity index (χ2v) is 7.00. The summed E-state index contributed by atoms with van der Waals surface area (Å²) in [6, 6.07) is 15.4. The van der Waals surface area contributed by atoms with E-state index in [-0.39, 0.29) is 12.3 Å². The topological polar surface area (TPSA) is 78.7 Å². The summed E-state index contributed by atoms with van der Waals surface area (Å²) in [6.45, 7) is 2.18. The van der Waals surface area contributed by atoms with Crippen LogP contribution in [0.2, 0.25) is 0 Å². The molecule has 7 heteroatoms. The maximum Gasteiger partial charge on any atom is 0.360 e. The van der Waals surface area contributed by atoms with Crippen LogP contribution >= 0.6 is 0 Å². The number of benzene rings is 2. The molecule has 0 aliphatic heterocycles. The molecule has 0 unspecified atom stereocenters. The van der Waals surface area contributed by atoms with Crippen molar-refractivity contribution in [2.45, 2.75) is 25.9 Å². The molecule has 1 aliphatic rings. The first-order valence-corrected chi connectivity index (χ1v) is 9.67. The minimum atomic E-state index is -0.579. The van der Waals surface area contributed by atoms with Gasteiger partial charge < -0.3 is 19.1 Å². The number of hydrogen-bond acceptors (Lipinski definition) is 7. The van der Waals surface area contributed by atoms with Gasteiger partial charge in [-0.2, -0.15) is 0 Å². The standard InChI is InChI=1S/C23H26N2O5/c1-15(20-13-21(20)16-9-11-18(27-2)12-10-16)24-30-14-17-7-5-6-8-19(17)22(25-29-4)23(26)28-3/h5-12,20-21H,13-14H2,1-4H3/b24-15?,25-22+/t20-,21-/m0/s1. The molecular formula is C23H26N2O5. The second kappa shape index (κ2) is 9.91. The average Bonchev–Trinajstić information content (AvgIpc) is 3.58. The third-order valence-electron chi connectivity index (χ3n) is 5.13. The molecule has 158 valence electrons. The summed E-state index contributed by atoms with van der Waals surface area (Å²) in [7, 11) is 4.34. The van der Waals surface area contributed by atoms with Gasteiger partial charge in [-0.05, 0) is 37.0 Å². The lowest BCUT2D eigenvalue weighted by Crippen LogP contribution is -2.19. The Hall–Kier alpha value is -3.35. The molecule has 2 aromatic rings. The summed E-state index contributed by atoms with van der Waals surface area (Å²) in [4.78, 5) is 22.4. The lowest BCUT2D eigenvalue weighted by molar-refractivity contribution is -0.132. The Balaban J connectivity index is 1.64. The fourth-order valence-electron chi connectivity index (χ4n) is 3.41. The van der Waals surface area contributed by atoms with Crippen molar-refractivity contribution in [3.63, 3.8) is 0 Å². The Labute approximate surface area is 176 Å². The van der Waals surface area contributed by atoms with Crippen LogP contribution in [0.15, 0.2) is 58.8 Å². The first-order chi connectivity index (χ1) is 14.6. The van der Waals surface area contributed by atoms with E-state index < -0.39 is 5.97 Å². The van der Waals surface area contributed by atoms with Gasteiger partial charge in [-0.25, -0.2) is 4.79 Å². The van der Waals surface area contributed by atoms with Crippen molar-refractivity contribution in [3.8, 4) is 5.75 Å². The normalized spacial score (nSPS) is 18.5. The van der Waals surface area contributed by atoms with Crippen LogP contribution in [0.1, 0.15) is 36.0 Å². The van der Waals surface area contributed by atoms with Gasteiger partial charge in [0.15, 0.2) is 5.71 Å². The van der Waals surface area contributed by atoms with Gasteiger partial charge >= 0.3 is 5.97 Å². The highest BCUT2D eigenvalue weighted by Crippen LogP contribution is 2.48. The van der Waals surface area contributed by atoms with E-state index in [1.165, 1.54) is 19.8 Å². The zero-order valence-electron chi connectivity index (χ0n) is 17.6. The lowest BCUT2D eigenvalue weighted by atomic mass is 10.0. The summed E-state index contributed by atoms with van der Waals surface area (Å²) < 4.78 is 10.0. The number of oxime groups is 2. The molecule has 2 aromatic carbocycles. The molecule has 0 bridgehead atoms. The van der Waals surface area contributed by atoms with Gasteiger partial charge in [0, 0.05) is 17.0 Å². The average molecular weight is 410 g/mol. The molecule has 0 aromatic heterocycles. The molecule has 0 amide bonds. The number of esters is 1. The molecule has 0 spiro atoms. The molecule has 0 saturated heterocycles. The van der Waals surface area contributed by atoms with Crippen LogP contribution in [0.25, 0.3) is 0 Å². The highest BCUT2D eigenvalue weighted by Gasteiger charge is 2.40. The van der Waals surface area contributed by atoms with Crippen LogP contribution in [0, 0.1) is 5.92 Å². The maximum atomic E-state index is 12.0. The minimum Gasteiger partial charge on any atom is -0.497 e. The fourth-order valence-corrected chi connectivity index (χ4v) is 3.41. The van der Waals surface area contributed by atoms with Crippen molar-refractivity contribution in [2.75, 3.05) is 21.3 Å². The van der Waals surface area contributed by atoms with Gasteiger partial charge in [-0.3, -0.25) is 0 Å². The lowest BCUT2D eigenvalue weighted by Gasteiger charge is -2.10. The van der Waals surface area contributed by atoms with E-state index in [2.05, 4.69) is 22.4 Å². The van der Waals surface area contributed by atoms with Gasteiger partial charge in [-0.1, -0.05) is 46.7 Å². The summed E-state index contributed by atoms with van der Waals surface area (Å²) in [5.41, 5.74) is 3.66. The van der Waals surface area contributed by atoms with Gasteiger partial charge in [0.25, 0.3) is 0 Å². The predicted octanol–water partition coefficient (Wildman–Crippen LogP) is 3.91. The van der Waals surface area contributed by atoms with Crippen LogP contribution in [0.5, 0.6) is 5.75 Å².